The minimum absolute atomic E-state index is 0. The molecule has 0 aliphatic heterocycles. The number of benzene rings is 1. The normalized spacial score (nSPS) is 9.20. The Kier molecular flexibility index (Phi) is 2.16. The van der Waals surface area contributed by atoms with Gasteiger partial charge in [0, 0.05) is 18.9 Å². The number of nitrogens with one attached hydrogen (secondary N) is 1. The van der Waals surface area contributed by atoms with Crippen LogP contribution in [0.1, 0.15) is 0 Å². The molecule has 1 N–H and O–H groups in total. The number of imidazole rings is 1. The van der Waals surface area contributed by atoms with Crippen molar-refractivity contribution in [2.75, 3.05) is 0 Å². The number of H-pyrrole nitrogens is 1. The van der Waals surface area contributed by atoms with Crippen molar-refractivity contribution in [3.05, 3.63) is 30.6 Å². The maximum absolute atomic E-state index is 4.06. The summed E-state index contributed by atoms with van der Waals surface area (Å²) in [5, 5.41) is 0. The molecule has 0 fully saturated rings. The molecule has 0 spiro atoms. The Morgan fingerprint density at radius 2 is 2.00 bits per heavy atom. The molecular formula is C7H6LiN2. The summed E-state index contributed by atoms with van der Waals surface area (Å²) in [5.41, 5.74) is 2.12. The molecule has 1 radical (unpaired) electrons. The van der Waals surface area contributed by atoms with Crippen LogP contribution in [0.5, 0.6) is 0 Å². The second-order valence-electron chi connectivity index (χ2n) is 1.92. The van der Waals surface area contributed by atoms with Gasteiger partial charge < -0.3 is 4.98 Å². The average Bonchev–Trinajstić information content (AvgIpc) is 2.33. The largest absolute Gasteiger partial charge is 0.345 e. The second kappa shape index (κ2) is 2.92. The summed E-state index contributed by atoms with van der Waals surface area (Å²) in [6, 6.07) is 7.94. The fourth-order valence-electron chi connectivity index (χ4n) is 0.880. The molecule has 0 aliphatic carbocycles. The molecule has 0 saturated carbocycles. The van der Waals surface area contributed by atoms with Gasteiger partial charge in [-0.05, 0) is 12.1 Å². The molecule has 45 valence electrons. The van der Waals surface area contributed by atoms with Crippen molar-refractivity contribution in [1.82, 2.24) is 9.97 Å². The van der Waals surface area contributed by atoms with Crippen molar-refractivity contribution < 1.29 is 0 Å². The van der Waals surface area contributed by atoms with Gasteiger partial charge in [-0.2, -0.15) is 0 Å². The summed E-state index contributed by atoms with van der Waals surface area (Å²) in [4.78, 5) is 7.07. The van der Waals surface area contributed by atoms with Gasteiger partial charge in [0.15, 0.2) is 0 Å². The van der Waals surface area contributed by atoms with Crippen LogP contribution in [-0.4, -0.2) is 28.8 Å². The van der Waals surface area contributed by atoms with Crippen LogP contribution in [0, 0.1) is 0 Å². The minimum atomic E-state index is 0. The van der Waals surface area contributed by atoms with Crippen molar-refractivity contribution in [3.63, 3.8) is 0 Å². The van der Waals surface area contributed by atoms with Gasteiger partial charge in [-0.15, -0.1) is 0 Å². The predicted octanol–water partition coefficient (Wildman–Crippen LogP) is 1.18. The molecule has 0 atom stereocenters. The Bertz CT molecular complexity index is 286. The van der Waals surface area contributed by atoms with Gasteiger partial charge in [0.2, 0.25) is 0 Å². The van der Waals surface area contributed by atoms with Crippen LogP contribution in [0.15, 0.2) is 30.6 Å². The molecule has 10 heavy (non-hydrogen) atoms. The molecule has 1 heterocycles. The molecule has 0 aliphatic rings. The number of para-hydroxylation sites is 2. The van der Waals surface area contributed by atoms with Gasteiger partial charge in [-0.25, -0.2) is 4.98 Å². The zero-order valence-corrected chi connectivity index (χ0v) is 5.83. The minimum Gasteiger partial charge on any atom is -0.345 e. The van der Waals surface area contributed by atoms with E-state index in [0.29, 0.717) is 0 Å². The van der Waals surface area contributed by atoms with E-state index < -0.39 is 0 Å². The second-order valence-corrected chi connectivity index (χ2v) is 1.92. The zero-order valence-electron chi connectivity index (χ0n) is 5.83. The smallest absolute Gasteiger partial charge is 0.0931 e. The molecule has 0 bridgehead atoms. The first-order chi connectivity index (χ1) is 4.47. The van der Waals surface area contributed by atoms with Crippen LogP contribution in [0.4, 0.5) is 0 Å². The molecule has 0 unspecified atom stereocenters. The molecule has 2 nitrogen and oxygen atoms in total. The first-order valence-corrected chi connectivity index (χ1v) is 2.85. The fourth-order valence-corrected chi connectivity index (χ4v) is 0.880. The molecule has 1 aromatic heterocycles. The summed E-state index contributed by atoms with van der Waals surface area (Å²) in [7, 11) is 0. The number of rotatable bonds is 0. The molecule has 2 aromatic rings. The van der Waals surface area contributed by atoms with Crippen LogP contribution < -0.4 is 0 Å². The van der Waals surface area contributed by atoms with E-state index in [-0.39, 0.29) is 18.9 Å². The third-order valence-electron chi connectivity index (χ3n) is 1.33. The fraction of sp³-hybridized carbons (Fsp3) is 0. The number of aromatic amines is 1. The quantitative estimate of drug-likeness (QED) is 0.526. The van der Waals surface area contributed by atoms with E-state index in [2.05, 4.69) is 9.97 Å². The van der Waals surface area contributed by atoms with E-state index in [1.165, 1.54) is 0 Å². The summed E-state index contributed by atoms with van der Waals surface area (Å²) in [6.45, 7) is 0. The SMILES string of the molecule is [Li].c1ccc2[nH]cnc2c1. The monoisotopic (exact) mass is 125 g/mol. The van der Waals surface area contributed by atoms with Crippen LogP contribution in [0.25, 0.3) is 11.0 Å². The van der Waals surface area contributed by atoms with Crippen LogP contribution >= 0.6 is 0 Å². The first-order valence-electron chi connectivity index (χ1n) is 2.85. The molecule has 0 amide bonds. The van der Waals surface area contributed by atoms with E-state index >= 15 is 0 Å². The van der Waals surface area contributed by atoms with Crippen molar-refractivity contribution in [2.45, 2.75) is 0 Å². The Balaban J connectivity index is 0.000000500. The maximum atomic E-state index is 4.06. The number of hydrogen-bond donors (Lipinski definition) is 1. The van der Waals surface area contributed by atoms with Crippen molar-refractivity contribution in [3.8, 4) is 0 Å². The standard InChI is InChI=1S/C7H6N2.Li/c1-2-4-7-6(3-1)8-5-9-7;/h1-5H,(H,8,9);. The third-order valence-corrected chi connectivity index (χ3v) is 1.33. The van der Waals surface area contributed by atoms with Crippen molar-refractivity contribution in [1.29, 1.82) is 0 Å². The number of nitrogens with zero attached hydrogens (tertiary/aromatic N) is 1. The van der Waals surface area contributed by atoms with Gasteiger partial charge >= 0.3 is 0 Å². The predicted molar refractivity (Wildman–Crippen MR) is 41.8 cm³/mol. The first kappa shape index (κ1) is 7.40. The van der Waals surface area contributed by atoms with Crippen LogP contribution in [0.2, 0.25) is 0 Å². The number of hydrogen-bond acceptors (Lipinski definition) is 1. The van der Waals surface area contributed by atoms with Gasteiger partial charge in [-0.3, -0.25) is 0 Å². The number of aromatic nitrogens is 2. The van der Waals surface area contributed by atoms with E-state index in [4.69, 9.17) is 0 Å². The molecule has 2 rings (SSSR count). The maximum Gasteiger partial charge on any atom is 0.0931 e. The van der Waals surface area contributed by atoms with Gasteiger partial charge in [0.25, 0.3) is 0 Å². The zero-order chi connectivity index (χ0) is 6.10. The molecule has 0 saturated heterocycles. The summed E-state index contributed by atoms with van der Waals surface area (Å²) >= 11 is 0. The Labute approximate surface area is 70.8 Å². The summed E-state index contributed by atoms with van der Waals surface area (Å²) in [5.74, 6) is 0. The van der Waals surface area contributed by atoms with Gasteiger partial charge in [-0.1, -0.05) is 12.1 Å². The van der Waals surface area contributed by atoms with E-state index in [0.717, 1.165) is 11.0 Å². The molecule has 1 aromatic carbocycles. The summed E-state index contributed by atoms with van der Waals surface area (Å²) < 4.78 is 0. The van der Waals surface area contributed by atoms with E-state index in [1.54, 1.807) is 6.33 Å². The van der Waals surface area contributed by atoms with Crippen molar-refractivity contribution in [2.24, 2.45) is 0 Å². The molecular weight excluding hydrogens is 119 g/mol. The van der Waals surface area contributed by atoms with Gasteiger partial charge in [0.1, 0.15) is 0 Å². The number of fused-ring (bicyclic) bond motifs is 1. The van der Waals surface area contributed by atoms with Crippen LogP contribution in [-0.2, 0) is 0 Å². The average molecular weight is 125 g/mol. The van der Waals surface area contributed by atoms with E-state index in [9.17, 15) is 0 Å². The Morgan fingerprint density at radius 3 is 2.80 bits per heavy atom. The molecule has 3 heteroatoms. The van der Waals surface area contributed by atoms with E-state index in [1.807, 2.05) is 24.3 Å². The van der Waals surface area contributed by atoms with Crippen LogP contribution in [0.3, 0.4) is 0 Å². The van der Waals surface area contributed by atoms with Gasteiger partial charge in [0.05, 0.1) is 17.4 Å². The summed E-state index contributed by atoms with van der Waals surface area (Å²) in [6.07, 6.45) is 1.70. The van der Waals surface area contributed by atoms with Crippen molar-refractivity contribution >= 4 is 29.9 Å². The Hall–Kier alpha value is -0.713. The Morgan fingerprint density at radius 1 is 1.20 bits per heavy atom. The third kappa shape index (κ3) is 1.09. The topological polar surface area (TPSA) is 28.7 Å².